The fraction of sp³-hybridized carbons (Fsp3) is 0.227. The van der Waals surface area contributed by atoms with Gasteiger partial charge >= 0.3 is 18.0 Å². The summed E-state index contributed by atoms with van der Waals surface area (Å²) in [6.45, 7) is 1.29. The highest BCUT2D eigenvalue weighted by atomic mass is 32.2. The minimum atomic E-state index is -4.75. The molecule has 0 radical (unpaired) electrons. The van der Waals surface area contributed by atoms with Crippen LogP contribution in [0.3, 0.4) is 0 Å². The van der Waals surface area contributed by atoms with Gasteiger partial charge in [0.25, 0.3) is 0 Å². The van der Waals surface area contributed by atoms with Gasteiger partial charge < -0.3 is 4.74 Å². The van der Waals surface area contributed by atoms with E-state index in [0.717, 1.165) is 37.6 Å². The Bertz CT molecular complexity index is 1670. The Kier molecular flexibility index (Phi) is 6.30. The topological polar surface area (TPSA) is 95.6 Å². The Morgan fingerprint density at radius 2 is 1.62 bits per heavy atom. The van der Waals surface area contributed by atoms with Crippen LogP contribution < -0.4 is 10.4 Å². The number of nitrogens with zero attached hydrogens (tertiary/aromatic N) is 4. The number of hydrogen-bond acceptors (Lipinski definition) is 6. The lowest BCUT2D eigenvalue weighted by molar-refractivity contribution is -0.138. The second-order valence-corrected chi connectivity index (χ2v) is 9.98. The number of hydrogen-bond donors (Lipinski definition) is 0. The Morgan fingerprint density at radius 1 is 0.946 bits per heavy atom. The number of alkyl halides is 6. The van der Waals surface area contributed by atoms with Crippen LogP contribution >= 0.6 is 0 Å². The van der Waals surface area contributed by atoms with Gasteiger partial charge in [-0.25, -0.2) is 22.6 Å². The van der Waals surface area contributed by atoms with Crippen molar-refractivity contribution in [2.45, 2.75) is 24.2 Å². The van der Waals surface area contributed by atoms with Crippen molar-refractivity contribution in [2.75, 3.05) is 12.9 Å². The average Bonchev–Trinajstić information content (AvgIpc) is 3.17. The van der Waals surface area contributed by atoms with E-state index in [-0.39, 0.29) is 22.5 Å². The van der Waals surface area contributed by atoms with E-state index < -0.39 is 55.5 Å². The van der Waals surface area contributed by atoms with Gasteiger partial charge in [-0.3, -0.25) is 0 Å². The number of rotatable bonds is 5. The van der Waals surface area contributed by atoms with Crippen molar-refractivity contribution in [1.82, 2.24) is 19.2 Å². The van der Waals surface area contributed by atoms with E-state index >= 15 is 0 Å². The maximum atomic E-state index is 13.4. The maximum absolute atomic E-state index is 13.4. The summed E-state index contributed by atoms with van der Waals surface area (Å²) >= 11 is 0. The second kappa shape index (κ2) is 8.90. The number of pyridine rings is 2. The van der Waals surface area contributed by atoms with Gasteiger partial charge in [-0.2, -0.15) is 31.0 Å². The van der Waals surface area contributed by atoms with E-state index in [1.807, 2.05) is 0 Å². The summed E-state index contributed by atoms with van der Waals surface area (Å²) in [5, 5.41) is 3.89. The highest BCUT2D eigenvalue weighted by molar-refractivity contribution is 7.91. The van der Waals surface area contributed by atoms with E-state index in [1.165, 1.54) is 13.0 Å². The van der Waals surface area contributed by atoms with Crippen molar-refractivity contribution in [3.05, 3.63) is 70.4 Å². The fourth-order valence-electron chi connectivity index (χ4n) is 3.47. The molecule has 4 aromatic rings. The number of aromatic nitrogens is 4. The molecule has 0 aliphatic heterocycles. The van der Waals surface area contributed by atoms with E-state index in [4.69, 9.17) is 4.74 Å². The van der Waals surface area contributed by atoms with Gasteiger partial charge in [0.15, 0.2) is 21.3 Å². The Labute approximate surface area is 204 Å². The van der Waals surface area contributed by atoms with Gasteiger partial charge in [0, 0.05) is 18.0 Å². The summed E-state index contributed by atoms with van der Waals surface area (Å²) in [5.41, 5.74) is -3.65. The van der Waals surface area contributed by atoms with Gasteiger partial charge in [-0.05, 0) is 42.0 Å². The number of ether oxygens (including phenoxy) is 1. The first-order valence-electron chi connectivity index (χ1n) is 10.3. The Morgan fingerprint density at radius 3 is 2.22 bits per heavy atom. The van der Waals surface area contributed by atoms with Crippen molar-refractivity contribution in [2.24, 2.45) is 0 Å². The zero-order valence-corrected chi connectivity index (χ0v) is 19.7. The van der Waals surface area contributed by atoms with Crippen molar-refractivity contribution >= 4 is 15.5 Å². The summed E-state index contributed by atoms with van der Waals surface area (Å²) in [6.07, 6.45) is -7.94. The predicted molar refractivity (Wildman–Crippen MR) is 118 cm³/mol. The molecule has 0 unspecified atom stereocenters. The highest BCUT2D eigenvalue weighted by Gasteiger charge is 2.33. The monoisotopic (exact) mass is 546 g/mol. The highest BCUT2D eigenvalue weighted by Crippen LogP contribution is 2.36. The molecule has 37 heavy (non-hydrogen) atoms. The van der Waals surface area contributed by atoms with Crippen molar-refractivity contribution in [3.8, 4) is 22.7 Å². The van der Waals surface area contributed by atoms with Gasteiger partial charge in [0.05, 0.1) is 24.0 Å². The summed E-state index contributed by atoms with van der Waals surface area (Å²) in [6, 6.07) is 5.43. The summed E-state index contributed by atoms with van der Waals surface area (Å²) in [4.78, 5) is 16.3. The van der Waals surface area contributed by atoms with Gasteiger partial charge in [-0.1, -0.05) is 6.92 Å². The number of benzene rings is 1. The van der Waals surface area contributed by atoms with Crippen LogP contribution in [0.15, 0.2) is 58.5 Å². The van der Waals surface area contributed by atoms with Crippen molar-refractivity contribution < 1.29 is 39.5 Å². The van der Waals surface area contributed by atoms with E-state index in [0.29, 0.717) is 21.3 Å². The molecule has 3 heterocycles. The number of halogens is 6. The molecule has 8 nitrogen and oxygen atoms in total. The SMILES string of the molecule is CCS(=O)(=O)c1cc(-c2cc(OC)cc(C(F)(F)F)c2)cnc1-n1nc2ccc(C(F)(F)F)cn2c1=O. The first-order valence-corrected chi connectivity index (χ1v) is 12.0. The molecule has 4 rings (SSSR count). The van der Waals surface area contributed by atoms with Crippen LogP contribution in [0.4, 0.5) is 26.3 Å². The van der Waals surface area contributed by atoms with E-state index in [1.54, 1.807) is 0 Å². The van der Waals surface area contributed by atoms with Crippen LogP contribution in [0.2, 0.25) is 0 Å². The third kappa shape index (κ3) is 4.90. The van der Waals surface area contributed by atoms with Gasteiger partial charge in [0.2, 0.25) is 0 Å². The molecular weight excluding hydrogens is 530 g/mol. The zero-order chi connectivity index (χ0) is 27.3. The minimum Gasteiger partial charge on any atom is -0.497 e. The summed E-state index contributed by atoms with van der Waals surface area (Å²) in [7, 11) is -2.99. The molecule has 15 heteroatoms. The molecule has 1 aromatic carbocycles. The molecule has 0 bridgehead atoms. The standard InChI is InChI=1S/C22H16F6N4O4S/c1-3-37(34,35)17-8-13(12-6-15(22(26,27)28)9-16(7-12)36-2)10-29-19(17)32-20(33)31-11-14(21(23,24)25)4-5-18(31)30-32/h4-11H,3H2,1-2H3. The molecule has 0 N–H and O–H groups in total. The third-order valence-corrected chi connectivity index (χ3v) is 7.13. The maximum Gasteiger partial charge on any atom is 0.417 e. The third-order valence-electron chi connectivity index (χ3n) is 5.40. The molecule has 0 aliphatic carbocycles. The molecule has 0 amide bonds. The summed E-state index contributed by atoms with van der Waals surface area (Å²) in [5.74, 6) is -1.14. The van der Waals surface area contributed by atoms with Crippen LogP contribution in [-0.4, -0.2) is 40.4 Å². The number of methoxy groups -OCH3 is 1. The van der Waals surface area contributed by atoms with Crippen LogP contribution in [0.1, 0.15) is 18.1 Å². The van der Waals surface area contributed by atoms with Gasteiger partial charge in [-0.15, -0.1) is 5.10 Å². The van der Waals surface area contributed by atoms with Crippen molar-refractivity contribution in [3.63, 3.8) is 0 Å². The minimum absolute atomic E-state index is 0.0451. The quantitative estimate of drug-likeness (QED) is 0.345. The molecule has 0 saturated heterocycles. The lowest BCUT2D eigenvalue weighted by Crippen LogP contribution is -2.23. The molecule has 0 atom stereocenters. The Hall–Kier alpha value is -3.88. The molecule has 0 fully saturated rings. The van der Waals surface area contributed by atoms with Crippen LogP contribution in [0.5, 0.6) is 5.75 Å². The smallest absolute Gasteiger partial charge is 0.417 e. The number of sulfone groups is 1. The fourth-order valence-corrected chi connectivity index (χ4v) is 4.50. The molecule has 196 valence electrons. The van der Waals surface area contributed by atoms with Gasteiger partial charge in [0.1, 0.15) is 10.6 Å². The first-order chi connectivity index (χ1) is 17.2. The second-order valence-electron chi connectivity index (χ2n) is 7.74. The lowest BCUT2D eigenvalue weighted by Gasteiger charge is -2.13. The zero-order valence-electron chi connectivity index (χ0n) is 18.9. The normalized spacial score (nSPS) is 12.8. The van der Waals surface area contributed by atoms with E-state index in [2.05, 4.69) is 10.1 Å². The molecule has 0 aliphatic rings. The predicted octanol–water partition coefficient (Wildman–Crippen LogP) is 4.39. The van der Waals surface area contributed by atoms with E-state index in [9.17, 15) is 39.6 Å². The largest absolute Gasteiger partial charge is 0.497 e. The summed E-state index contributed by atoms with van der Waals surface area (Å²) < 4.78 is 111. The molecule has 3 aromatic heterocycles. The van der Waals surface area contributed by atoms with Crippen molar-refractivity contribution in [1.29, 1.82) is 0 Å². The molecular formula is C22H16F6N4O4S. The van der Waals surface area contributed by atoms with Crippen LogP contribution in [-0.2, 0) is 22.2 Å². The number of fused-ring (bicyclic) bond motifs is 1. The molecule has 0 saturated carbocycles. The lowest BCUT2D eigenvalue weighted by atomic mass is 10.0. The first kappa shape index (κ1) is 26.2. The van der Waals surface area contributed by atoms with Crippen LogP contribution in [0, 0.1) is 0 Å². The average molecular weight is 546 g/mol. The van der Waals surface area contributed by atoms with Crippen LogP contribution in [0.25, 0.3) is 22.6 Å². The molecule has 0 spiro atoms. The Balaban J connectivity index is 1.96.